The van der Waals surface area contributed by atoms with Crippen LogP contribution in [0.3, 0.4) is 0 Å². The fourth-order valence-corrected chi connectivity index (χ4v) is 10.8. The SMILES string of the molecule is Fc1c(F)c(F)c([B-](O[Si](c2ccccc2)(c2ccccc2)c2ccccc2)(c2c(F)c(F)c(F)c(F)c2F)c2c(F)c(F)c(F)c(F)c2F)c(F)c1F. The molecule has 0 heterocycles. The molecule has 0 spiro atoms. The Morgan fingerprint density at radius 3 is 0.667 bits per heavy atom. The van der Waals surface area contributed by atoms with Crippen molar-refractivity contribution < 1.29 is 70.2 Å². The zero-order chi connectivity index (χ0) is 39.4. The molecule has 18 heteroatoms. The summed E-state index contributed by atoms with van der Waals surface area (Å²) in [7, 11) is -5.38. The molecule has 6 rings (SSSR count). The van der Waals surface area contributed by atoms with E-state index in [1.807, 2.05) is 0 Å². The van der Waals surface area contributed by atoms with Crippen LogP contribution in [0.5, 0.6) is 0 Å². The van der Waals surface area contributed by atoms with Crippen LogP contribution in [0.15, 0.2) is 91.0 Å². The summed E-state index contributed by atoms with van der Waals surface area (Å²) in [5.74, 6) is -46.7. The summed E-state index contributed by atoms with van der Waals surface area (Å²) in [6.45, 7) is 0. The van der Waals surface area contributed by atoms with Crippen LogP contribution in [0.2, 0.25) is 0 Å². The third-order valence-corrected chi connectivity index (χ3v) is 13.0. The van der Waals surface area contributed by atoms with Gasteiger partial charge in [-0.2, -0.15) is 0 Å². The highest BCUT2D eigenvalue weighted by atomic mass is 28.4. The number of rotatable bonds is 8. The lowest BCUT2D eigenvalue weighted by molar-refractivity contribution is 0.375. The van der Waals surface area contributed by atoms with Gasteiger partial charge in [0.15, 0.2) is 52.4 Å². The van der Waals surface area contributed by atoms with Crippen molar-refractivity contribution in [2.45, 2.75) is 0 Å². The number of halogens is 15. The first kappa shape index (κ1) is 38.2. The van der Waals surface area contributed by atoms with Crippen molar-refractivity contribution in [3.63, 3.8) is 0 Å². The molecule has 0 unspecified atom stereocenters. The van der Waals surface area contributed by atoms with Gasteiger partial charge in [0, 0.05) is 0 Å². The van der Waals surface area contributed by atoms with Crippen LogP contribution in [0.25, 0.3) is 0 Å². The second kappa shape index (κ2) is 14.1. The van der Waals surface area contributed by atoms with Crippen molar-refractivity contribution in [3.05, 3.63) is 178 Å². The maximum absolute atomic E-state index is 16.4. The summed E-state index contributed by atoms with van der Waals surface area (Å²) in [6.07, 6.45) is -6.35. The molecule has 0 aliphatic rings. The normalized spacial score (nSPS) is 12.1. The van der Waals surface area contributed by atoms with Gasteiger partial charge in [0.2, 0.25) is 14.7 Å². The molecule has 0 amide bonds. The first-order valence-electron chi connectivity index (χ1n) is 15.1. The van der Waals surface area contributed by atoms with Gasteiger partial charge < -0.3 is 4.34 Å². The Labute approximate surface area is 295 Å². The molecule has 0 bridgehead atoms. The van der Waals surface area contributed by atoms with Crippen molar-refractivity contribution in [1.82, 2.24) is 0 Å². The highest BCUT2D eigenvalue weighted by Gasteiger charge is 2.54. The van der Waals surface area contributed by atoms with E-state index in [0.29, 0.717) is 0 Å². The molecule has 0 fully saturated rings. The topological polar surface area (TPSA) is 9.23 Å². The fourth-order valence-electron chi connectivity index (χ4n) is 6.53. The predicted octanol–water partition coefficient (Wildman–Crippen LogP) is 6.42. The van der Waals surface area contributed by atoms with E-state index in [1.54, 1.807) is 0 Å². The zero-order valence-corrected chi connectivity index (χ0v) is 27.3. The van der Waals surface area contributed by atoms with Crippen molar-refractivity contribution >= 4 is 46.6 Å². The first-order valence-corrected chi connectivity index (χ1v) is 17.0. The smallest absolute Gasteiger partial charge is 0.245 e. The minimum Gasteiger partial charge on any atom is -0.614 e. The molecule has 0 aliphatic heterocycles. The van der Waals surface area contributed by atoms with Gasteiger partial charge >= 0.3 is 0 Å². The average molecular weight is 787 g/mol. The van der Waals surface area contributed by atoms with Crippen LogP contribution in [0, 0.1) is 87.3 Å². The van der Waals surface area contributed by atoms with Gasteiger partial charge in [0.1, 0.15) is 34.9 Å². The minimum absolute atomic E-state index is 0.273. The summed E-state index contributed by atoms with van der Waals surface area (Å²) >= 11 is 0. The molecule has 1 nitrogen and oxygen atoms in total. The maximum atomic E-state index is 16.4. The second-order valence-corrected chi connectivity index (χ2v) is 15.0. The number of hydrogen-bond acceptors (Lipinski definition) is 1. The lowest BCUT2D eigenvalue weighted by atomic mass is 9.28. The van der Waals surface area contributed by atoms with Gasteiger partial charge in [0.05, 0.1) is 0 Å². The summed E-state index contributed by atoms with van der Waals surface area (Å²) in [5.41, 5.74) is -8.55. The molecule has 6 aromatic rings. The van der Waals surface area contributed by atoms with E-state index in [2.05, 4.69) is 0 Å². The summed E-state index contributed by atoms with van der Waals surface area (Å²) in [6, 6.07) is 18.4. The van der Waals surface area contributed by atoms with Gasteiger partial charge in [0.25, 0.3) is 0 Å². The van der Waals surface area contributed by atoms with Gasteiger partial charge in [-0.1, -0.05) is 107 Å². The van der Waals surface area contributed by atoms with Crippen LogP contribution in [0.4, 0.5) is 65.9 Å². The third-order valence-electron chi connectivity index (χ3n) is 8.85. The lowest BCUT2D eigenvalue weighted by Gasteiger charge is -2.52. The molecule has 0 atom stereocenters. The lowest BCUT2D eigenvalue weighted by Crippen LogP contribution is -2.83. The van der Waals surface area contributed by atoms with Crippen LogP contribution in [0.1, 0.15) is 0 Å². The molecule has 0 aliphatic carbocycles. The highest BCUT2D eigenvalue weighted by molar-refractivity contribution is 7.18. The molecule has 0 radical (unpaired) electrons. The van der Waals surface area contributed by atoms with Crippen LogP contribution in [-0.2, 0) is 4.34 Å². The van der Waals surface area contributed by atoms with E-state index < -0.39 is 118 Å². The number of benzene rings is 6. The van der Waals surface area contributed by atoms with E-state index in [-0.39, 0.29) is 15.6 Å². The molecule has 54 heavy (non-hydrogen) atoms. The molecule has 0 N–H and O–H groups in total. The largest absolute Gasteiger partial charge is 0.614 e. The van der Waals surface area contributed by atoms with Gasteiger partial charge in [-0.3, -0.25) is 0 Å². The molecule has 0 saturated heterocycles. The average Bonchev–Trinajstić information content (AvgIpc) is 3.19. The van der Waals surface area contributed by atoms with Crippen LogP contribution < -0.4 is 31.9 Å². The summed E-state index contributed by atoms with van der Waals surface area (Å²) in [4.78, 5) is 0. The monoisotopic (exact) mass is 787 g/mol. The van der Waals surface area contributed by atoms with E-state index in [0.717, 1.165) is 36.4 Å². The Balaban J connectivity index is 2.05. The Kier molecular flexibility index (Phi) is 9.95. The maximum Gasteiger partial charge on any atom is 0.245 e. The molecule has 0 saturated carbocycles. The van der Waals surface area contributed by atoms with Crippen molar-refractivity contribution in [3.8, 4) is 0 Å². The highest BCUT2D eigenvalue weighted by Crippen LogP contribution is 2.31. The van der Waals surface area contributed by atoms with E-state index >= 15 is 52.7 Å². The van der Waals surface area contributed by atoms with Crippen molar-refractivity contribution in [2.24, 2.45) is 0 Å². The fraction of sp³-hybridized carbons (Fsp3) is 0. The van der Waals surface area contributed by atoms with Gasteiger partial charge in [-0.15, -0.1) is 0 Å². The van der Waals surface area contributed by atoms with Crippen LogP contribution in [-0.4, -0.2) is 14.7 Å². The standard InChI is InChI=1S/C36H15BF15OSi/c38-22-19(23(39)29(45)34(50)28(22)44)37(20-24(40)30(46)35(51)31(47)25(20)41,21-26(42)32(48)36(52)33(49)27(21)43)53-54(16-10-4-1-5-11-16,17-12-6-2-7-13-17)18-14-8-3-9-15-18/h1-15H/q-1. The number of hydrogen-bond donors (Lipinski definition) is 0. The van der Waals surface area contributed by atoms with E-state index in [9.17, 15) is 13.2 Å². The molecule has 0 aromatic heterocycles. The third kappa shape index (κ3) is 5.49. The summed E-state index contributed by atoms with van der Waals surface area (Å²) < 4.78 is 240. The Bertz CT molecular complexity index is 2080. The van der Waals surface area contributed by atoms with Gasteiger partial charge in [-0.25, -0.2) is 65.9 Å². The van der Waals surface area contributed by atoms with E-state index in [4.69, 9.17) is 4.34 Å². The predicted molar refractivity (Wildman–Crippen MR) is 168 cm³/mol. The molecule has 6 aromatic carbocycles. The van der Waals surface area contributed by atoms with E-state index in [1.165, 1.54) is 54.6 Å². The molecule has 278 valence electrons. The Morgan fingerprint density at radius 1 is 0.278 bits per heavy atom. The second-order valence-electron chi connectivity index (χ2n) is 11.6. The molecular weight excluding hydrogens is 772 g/mol. The Hall–Kier alpha value is -5.49. The van der Waals surface area contributed by atoms with Crippen molar-refractivity contribution in [2.75, 3.05) is 0 Å². The van der Waals surface area contributed by atoms with Crippen LogP contribution >= 0.6 is 0 Å². The molecular formula is C36H15BF15OSi-. The first-order chi connectivity index (χ1) is 25.5. The Morgan fingerprint density at radius 2 is 0.463 bits per heavy atom. The van der Waals surface area contributed by atoms with Crippen molar-refractivity contribution in [1.29, 1.82) is 0 Å². The minimum atomic E-state index is -6.35. The zero-order valence-electron chi connectivity index (χ0n) is 26.3. The van der Waals surface area contributed by atoms with Gasteiger partial charge in [-0.05, 0) is 15.6 Å². The summed E-state index contributed by atoms with van der Waals surface area (Å²) in [5, 5.41) is -0.819. The quantitative estimate of drug-likeness (QED) is 0.0570.